The van der Waals surface area contributed by atoms with Gasteiger partial charge in [-0.1, -0.05) is 32.0 Å². The Labute approximate surface area is 106 Å². The SMILES string of the molecule is CC(C)(C)Cc1ccc(O)c(-c2cnoc2N)c1. The van der Waals surface area contributed by atoms with E-state index in [4.69, 9.17) is 10.3 Å². The zero-order chi connectivity index (χ0) is 13.3. The van der Waals surface area contributed by atoms with Gasteiger partial charge in [0.25, 0.3) is 0 Å². The highest BCUT2D eigenvalue weighted by Crippen LogP contribution is 2.34. The number of phenols is 1. The summed E-state index contributed by atoms with van der Waals surface area (Å²) in [6.45, 7) is 6.52. The van der Waals surface area contributed by atoms with Gasteiger partial charge in [-0.3, -0.25) is 0 Å². The van der Waals surface area contributed by atoms with Gasteiger partial charge in [0.15, 0.2) is 0 Å². The summed E-state index contributed by atoms with van der Waals surface area (Å²) in [6, 6.07) is 5.54. The Hall–Kier alpha value is -1.97. The molecule has 18 heavy (non-hydrogen) atoms. The van der Waals surface area contributed by atoms with Crippen LogP contribution in [0, 0.1) is 5.41 Å². The Morgan fingerprint density at radius 2 is 2.00 bits per heavy atom. The second kappa shape index (κ2) is 4.37. The molecule has 0 amide bonds. The Morgan fingerprint density at radius 1 is 1.28 bits per heavy atom. The molecular weight excluding hydrogens is 228 g/mol. The second-order valence-electron chi connectivity index (χ2n) is 5.69. The van der Waals surface area contributed by atoms with Crippen LogP contribution in [-0.4, -0.2) is 10.3 Å². The number of aromatic nitrogens is 1. The van der Waals surface area contributed by atoms with Crippen molar-refractivity contribution in [3.8, 4) is 16.9 Å². The molecule has 1 aromatic heterocycles. The van der Waals surface area contributed by atoms with Crippen LogP contribution in [-0.2, 0) is 6.42 Å². The third kappa shape index (κ3) is 2.64. The van der Waals surface area contributed by atoms with Crippen LogP contribution in [0.2, 0.25) is 0 Å². The van der Waals surface area contributed by atoms with Gasteiger partial charge < -0.3 is 15.4 Å². The summed E-state index contributed by atoms with van der Waals surface area (Å²) in [7, 11) is 0. The molecule has 0 spiro atoms. The van der Waals surface area contributed by atoms with Gasteiger partial charge >= 0.3 is 0 Å². The number of hydrogen-bond acceptors (Lipinski definition) is 4. The van der Waals surface area contributed by atoms with Gasteiger partial charge in [0.1, 0.15) is 5.75 Å². The molecular formula is C14H18N2O2. The van der Waals surface area contributed by atoms with Gasteiger partial charge in [-0.05, 0) is 29.5 Å². The van der Waals surface area contributed by atoms with Crippen LogP contribution in [0.25, 0.3) is 11.1 Å². The zero-order valence-electron chi connectivity index (χ0n) is 10.9. The molecule has 1 aromatic carbocycles. The van der Waals surface area contributed by atoms with Crippen LogP contribution in [0.1, 0.15) is 26.3 Å². The Bertz CT molecular complexity index is 553. The van der Waals surface area contributed by atoms with E-state index in [1.165, 1.54) is 6.20 Å². The lowest BCUT2D eigenvalue weighted by Crippen LogP contribution is -2.09. The minimum absolute atomic E-state index is 0.183. The fourth-order valence-corrected chi connectivity index (χ4v) is 1.97. The number of benzene rings is 1. The molecule has 2 rings (SSSR count). The summed E-state index contributed by atoms with van der Waals surface area (Å²) >= 11 is 0. The van der Waals surface area contributed by atoms with Crippen LogP contribution in [0.3, 0.4) is 0 Å². The summed E-state index contributed by atoms with van der Waals surface area (Å²) in [4.78, 5) is 0. The van der Waals surface area contributed by atoms with Crippen molar-refractivity contribution in [3.63, 3.8) is 0 Å². The van der Waals surface area contributed by atoms with Crippen molar-refractivity contribution in [1.82, 2.24) is 5.16 Å². The summed E-state index contributed by atoms with van der Waals surface area (Å²) in [5.41, 5.74) is 8.31. The fourth-order valence-electron chi connectivity index (χ4n) is 1.97. The second-order valence-corrected chi connectivity index (χ2v) is 5.69. The molecule has 0 saturated carbocycles. The smallest absolute Gasteiger partial charge is 0.230 e. The summed E-state index contributed by atoms with van der Waals surface area (Å²) in [6.07, 6.45) is 2.44. The first-order valence-corrected chi connectivity index (χ1v) is 5.89. The van der Waals surface area contributed by atoms with Crippen molar-refractivity contribution in [2.45, 2.75) is 27.2 Å². The molecule has 0 radical (unpaired) electrons. The molecule has 0 atom stereocenters. The van der Waals surface area contributed by atoms with E-state index in [1.807, 2.05) is 12.1 Å². The summed E-state index contributed by atoms with van der Waals surface area (Å²) in [5.74, 6) is 0.403. The first-order valence-electron chi connectivity index (χ1n) is 5.89. The molecule has 96 valence electrons. The van der Waals surface area contributed by atoms with Gasteiger partial charge in [0.05, 0.1) is 11.8 Å². The quantitative estimate of drug-likeness (QED) is 0.853. The standard InChI is InChI=1S/C14H18N2O2/c1-14(2,3)7-9-4-5-12(17)10(6-9)11-8-16-18-13(11)15/h4-6,8,17H,7,15H2,1-3H3. The normalized spacial score (nSPS) is 11.7. The summed E-state index contributed by atoms with van der Waals surface area (Å²) in [5, 5.41) is 13.5. The first-order chi connectivity index (χ1) is 8.37. The predicted octanol–water partition coefficient (Wildman–Crippen LogP) is 3.22. The fraction of sp³-hybridized carbons (Fsp3) is 0.357. The maximum Gasteiger partial charge on any atom is 0.230 e. The van der Waals surface area contributed by atoms with Crippen LogP contribution >= 0.6 is 0 Å². The molecule has 2 aromatic rings. The monoisotopic (exact) mass is 246 g/mol. The lowest BCUT2D eigenvalue weighted by atomic mass is 9.87. The lowest BCUT2D eigenvalue weighted by molar-refractivity contribution is 0.410. The lowest BCUT2D eigenvalue weighted by Gasteiger charge is -2.18. The highest BCUT2D eigenvalue weighted by Gasteiger charge is 2.15. The average molecular weight is 246 g/mol. The molecule has 0 unspecified atom stereocenters. The third-order valence-corrected chi connectivity index (χ3v) is 2.68. The molecule has 0 fully saturated rings. The number of nitrogens with two attached hydrogens (primary N) is 1. The van der Waals surface area contributed by atoms with Gasteiger partial charge in [0, 0.05) is 5.56 Å². The number of nitrogens with zero attached hydrogens (tertiary/aromatic N) is 1. The van der Waals surface area contributed by atoms with Gasteiger partial charge in [-0.15, -0.1) is 0 Å². The molecule has 3 N–H and O–H groups in total. The Kier molecular flexibility index (Phi) is 3.03. The number of phenolic OH excluding ortho intramolecular Hbond substituents is 1. The van der Waals surface area contributed by atoms with E-state index in [-0.39, 0.29) is 17.0 Å². The maximum absolute atomic E-state index is 9.90. The van der Waals surface area contributed by atoms with Crippen LogP contribution in [0.4, 0.5) is 5.88 Å². The van der Waals surface area contributed by atoms with Crippen molar-refractivity contribution >= 4 is 5.88 Å². The largest absolute Gasteiger partial charge is 0.507 e. The average Bonchev–Trinajstić information content (AvgIpc) is 2.65. The van der Waals surface area contributed by atoms with E-state index in [9.17, 15) is 5.11 Å². The molecule has 0 saturated heterocycles. The zero-order valence-corrected chi connectivity index (χ0v) is 10.9. The number of aromatic hydroxyl groups is 1. The number of rotatable bonds is 2. The van der Waals surface area contributed by atoms with Crippen LogP contribution < -0.4 is 5.73 Å². The highest BCUT2D eigenvalue weighted by atomic mass is 16.5. The predicted molar refractivity (Wildman–Crippen MR) is 71.2 cm³/mol. The van der Waals surface area contributed by atoms with E-state index in [2.05, 4.69) is 25.9 Å². The minimum Gasteiger partial charge on any atom is -0.507 e. The molecule has 0 aliphatic rings. The molecule has 0 aliphatic heterocycles. The van der Waals surface area contributed by atoms with Gasteiger partial charge in [-0.2, -0.15) is 0 Å². The van der Waals surface area contributed by atoms with Crippen molar-refractivity contribution in [3.05, 3.63) is 30.0 Å². The van der Waals surface area contributed by atoms with Crippen molar-refractivity contribution in [2.75, 3.05) is 5.73 Å². The first kappa shape index (κ1) is 12.5. The minimum atomic E-state index is 0.183. The maximum atomic E-state index is 9.90. The van der Waals surface area contributed by atoms with Gasteiger partial charge in [-0.25, -0.2) is 0 Å². The highest BCUT2D eigenvalue weighted by molar-refractivity contribution is 5.77. The summed E-state index contributed by atoms with van der Waals surface area (Å²) < 4.78 is 4.83. The van der Waals surface area contributed by atoms with Crippen LogP contribution in [0.5, 0.6) is 5.75 Å². The van der Waals surface area contributed by atoms with E-state index in [0.717, 1.165) is 12.0 Å². The van der Waals surface area contributed by atoms with E-state index in [0.29, 0.717) is 11.1 Å². The third-order valence-electron chi connectivity index (χ3n) is 2.68. The van der Waals surface area contributed by atoms with E-state index in [1.54, 1.807) is 6.07 Å². The van der Waals surface area contributed by atoms with Crippen molar-refractivity contribution in [2.24, 2.45) is 5.41 Å². The molecule has 4 nitrogen and oxygen atoms in total. The number of hydrogen-bond donors (Lipinski definition) is 2. The number of nitrogen functional groups attached to an aromatic ring is 1. The molecule has 0 bridgehead atoms. The van der Waals surface area contributed by atoms with Crippen molar-refractivity contribution < 1.29 is 9.63 Å². The van der Waals surface area contributed by atoms with Crippen LogP contribution in [0.15, 0.2) is 28.9 Å². The molecule has 4 heteroatoms. The topological polar surface area (TPSA) is 72.3 Å². The molecule has 0 aliphatic carbocycles. The number of anilines is 1. The van der Waals surface area contributed by atoms with Crippen molar-refractivity contribution in [1.29, 1.82) is 0 Å². The van der Waals surface area contributed by atoms with Gasteiger partial charge in [0.2, 0.25) is 5.88 Å². The Balaban J connectivity index is 2.42. The Morgan fingerprint density at radius 3 is 2.56 bits per heavy atom. The van der Waals surface area contributed by atoms with E-state index < -0.39 is 0 Å². The molecule has 1 heterocycles. The van der Waals surface area contributed by atoms with E-state index >= 15 is 0 Å².